The van der Waals surface area contributed by atoms with Crippen molar-refractivity contribution >= 4 is 45.3 Å². The van der Waals surface area contributed by atoms with Crippen LogP contribution in [0.2, 0.25) is 0 Å². The predicted octanol–water partition coefficient (Wildman–Crippen LogP) is 8.07. The number of anilines is 2. The van der Waals surface area contributed by atoms with Crippen LogP contribution in [0.5, 0.6) is 0 Å². The fourth-order valence-electron chi connectivity index (χ4n) is 7.49. The minimum Gasteiger partial charge on any atom is -0.480 e. The molecule has 8 aromatic rings. The number of aromatic nitrogens is 6. The van der Waals surface area contributed by atoms with Gasteiger partial charge in [0.25, 0.3) is 11.1 Å². The SMILES string of the molecule is Cc1cccc([C@@H](C)Nc2nc(C)nc3ccc(-c4ccc(=O)n(CC(=O)O)c4)cc23)c1.Cc1cccc([C@@H](C)Nc2nc(C)nc3ccc(-c4ccc(=O)n(CC(N)=O)c4)cc23)c1. The van der Waals surface area contributed by atoms with Crippen molar-refractivity contribution in [2.45, 2.75) is 66.7 Å². The Balaban J connectivity index is 0.000000191. The van der Waals surface area contributed by atoms with Crippen molar-refractivity contribution in [2.24, 2.45) is 5.73 Å². The van der Waals surface area contributed by atoms with E-state index in [1.165, 1.54) is 38.0 Å². The monoisotopic (exact) mass is 855 g/mol. The van der Waals surface area contributed by atoms with Crippen LogP contribution in [0.25, 0.3) is 44.1 Å². The van der Waals surface area contributed by atoms with Crippen LogP contribution in [0.3, 0.4) is 0 Å². The number of hydrogen-bond acceptors (Lipinski definition) is 10. The highest BCUT2D eigenvalue weighted by Gasteiger charge is 2.15. The smallest absolute Gasteiger partial charge is 0.323 e. The molecule has 0 bridgehead atoms. The van der Waals surface area contributed by atoms with E-state index >= 15 is 0 Å². The number of carbonyl (C=O) groups excluding carboxylic acids is 1. The van der Waals surface area contributed by atoms with Gasteiger partial charge in [-0.25, -0.2) is 19.9 Å². The second-order valence-electron chi connectivity index (χ2n) is 15.9. The maximum Gasteiger partial charge on any atom is 0.323 e. The van der Waals surface area contributed by atoms with Crippen LogP contribution in [-0.4, -0.2) is 46.1 Å². The number of fused-ring (bicyclic) bond motifs is 2. The van der Waals surface area contributed by atoms with Crippen LogP contribution in [0, 0.1) is 27.7 Å². The zero-order valence-electron chi connectivity index (χ0n) is 36.5. The van der Waals surface area contributed by atoms with Gasteiger partial charge >= 0.3 is 5.97 Å². The summed E-state index contributed by atoms with van der Waals surface area (Å²) >= 11 is 0. The molecule has 8 rings (SSSR count). The zero-order valence-corrected chi connectivity index (χ0v) is 36.5. The van der Waals surface area contributed by atoms with Gasteiger partial charge in [-0.3, -0.25) is 19.2 Å². The van der Waals surface area contributed by atoms with Gasteiger partial charge in [0.05, 0.1) is 11.0 Å². The highest BCUT2D eigenvalue weighted by molar-refractivity contribution is 5.94. The van der Waals surface area contributed by atoms with Crippen LogP contribution in [0.15, 0.2) is 131 Å². The number of nitrogens with one attached hydrogen (secondary N) is 2. The van der Waals surface area contributed by atoms with Gasteiger partial charge in [0, 0.05) is 47.4 Å². The molecule has 14 nitrogen and oxygen atoms in total. The van der Waals surface area contributed by atoms with Crippen molar-refractivity contribution in [1.29, 1.82) is 0 Å². The molecule has 324 valence electrons. The third-order valence-corrected chi connectivity index (χ3v) is 10.7. The van der Waals surface area contributed by atoms with Gasteiger partial charge in [0.2, 0.25) is 5.91 Å². The lowest BCUT2D eigenvalue weighted by Gasteiger charge is -2.18. The molecular formula is C50H49N9O5. The molecule has 0 aliphatic carbocycles. The Bertz CT molecular complexity index is 2970. The Kier molecular flexibility index (Phi) is 13.0. The number of rotatable bonds is 12. The first kappa shape index (κ1) is 44.1. The summed E-state index contributed by atoms with van der Waals surface area (Å²) in [4.78, 5) is 64.8. The van der Waals surface area contributed by atoms with Crippen LogP contribution >= 0.6 is 0 Å². The predicted molar refractivity (Wildman–Crippen MR) is 251 cm³/mol. The number of carbonyl (C=O) groups is 2. The Morgan fingerprint density at radius 2 is 1.00 bits per heavy atom. The van der Waals surface area contributed by atoms with Gasteiger partial charge in [-0.05, 0) is 111 Å². The molecular weight excluding hydrogens is 807 g/mol. The number of primary amides is 1. The van der Waals surface area contributed by atoms with Gasteiger partial charge in [-0.15, -0.1) is 0 Å². The van der Waals surface area contributed by atoms with Gasteiger partial charge in [0.15, 0.2) is 0 Å². The molecule has 14 heteroatoms. The molecule has 0 spiro atoms. The minimum atomic E-state index is -1.07. The van der Waals surface area contributed by atoms with E-state index in [0.717, 1.165) is 61.3 Å². The summed E-state index contributed by atoms with van der Waals surface area (Å²) in [7, 11) is 0. The first-order chi connectivity index (χ1) is 30.6. The molecule has 0 aliphatic rings. The number of carboxylic acids is 1. The van der Waals surface area contributed by atoms with Crippen molar-refractivity contribution in [1.82, 2.24) is 29.1 Å². The number of benzene rings is 4. The average Bonchev–Trinajstić information content (AvgIpc) is 3.25. The number of pyridine rings is 2. The van der Waals surface area contributed by atoms with E-state index in [4.69, 9.17) is 10.8 Å². The van der Waals surface area contributed by atoms with Crippen molar-refractivity contribution in [3.05, 3.63) is 176 Å². The molecule has 4 aromatic carbocycles. The number of aliphatic carboxylic acids is 1. The number of amides is 1. The lowest BCUT2D eigenvalue weighted by Crippen LogP contribution is -2.27. The topological polar surface area (TPSA) is 200 Å². The van der Waals surface area contributed by atoms with E-state index in [9.17, 15) is 19.2 Å². The second-order valence-corrected chi connectivity index (χ2v) is 15.9. The highest BCUT2D eigenvalue weighted by Crippen LogP contribution is 2.31. The summed E-state index contributed by atoms with van der Waals surface area (Å²) in [6.45, 7) is 11.5. The largest absolute Gasteiger partial charge is 0.480 e. The fraction of sp³-hybridized carbons (Fsp3) is 0.200. The molecule has 64 heavy (non-hydrogen) atoms. The quantitative estimate of drug-likeness (QED) is 0.0926. The average molecular weight is 856 g/mol. The molecule has 0 saturated heterocycles. The van der Waals surface area contributed by atoms with E-state index in [2.05, 4.69) is 94.7 Å². The van der Waals surface area contributed by atoms with Crippen molar-refractivity contribution in [3.63, 3.8) is 0 Å². The summed E-state index contributed by atoms with van der Waals surface area (Å²) in [5.41, 5.74) is 14.3. The molecule has 2 atom stereocenters. The van der Waals surface area contributed by atoms with Crippen molar-refractivity contribution < 1.29 is 14.7 Å². The summed E-state index contributed by atoms with van der Waals surface area (Å²) in [6, 6.07) is 34.7. The van der Waals surface area contributed by atoms with Gasteiger partial charge < -0.3 is 30.6 Å². The third-order valence-electron chi connectivity index (χ3n) is 10.7. The number of hydrogen-bond donors (Lipinski definition) is 4. The Hall–Kier alpha value is -8.00. The van der Waals surface area contributed by atoms with E-state index in [1.807, 2.05) is 62.4 Å². The molecule has 1 amide bonds. The number of carboxylic acid groups (broad SMARTS) is 1. The maximum atomic E-state index is 12.0. The van der Waals surface area contributed by atoms with Crippen LogP contribution < -0.4 is 27.5 Å². The fourth-order valence-corrected chi connectivity index (χ4v) is 7.49. The van der Waals surface area contributed by atoms with Crippen LogP contribution in [0.1, 0.15) is 59.8 Å². The molecule has 0 aliphatic heterocycles. The lowest BCUT2D eigenvalue weighted by atomic mass is 10.0. The van der Waals surface area contributed by atoms with Crippen LogP contribution in [0.4, 0.5) is 11.6 Å². The lowest BCUT2D eigenvalue weighted by molar-refractivity contribution is -0.137. The molecule has 0 unspecified atom stereocenters. The summed E-state index contributed by atoms with van der Waals surface area (Å²) < 4.78 is 2.50. The van der Waals surface area contributed by atoms with E-state index in [0.29, 0.717) is 11.6 Å². The Morgan fingerprint density at radius 1 is 0.578 bits per heavy atom. The van der Waals surface area contributed by atoms with E-state index in [-0.39, 0.29) is 36.3 Å². The van der Waals surface area contributed by atoms with Crippen molar-refractivity contribution in [2.75, 3.05) is 10.6 Å². The molecule has 0 saturated carbocycles. The molecule has 4 heterocycles. The zero-order chi connectivity index (χ0) is 45.7. The number of aryl methyl sites for hydroxylation is 4. The third kappa shape index (κ3) is 10.5. The first-order valence-electron chi connectivity index (χ1n) is 20.7. The first-order valence-corrected chi connectivity index (χ1v) is 20.7. The molecule has 0 radical (unpaired) electrons. The molecule has 4 aromatic heterocycles. The summed E-state index contributed by atoms with van der Waals surface area (Å²) in [5.74, 6) is 1.18. The van der Waals surface area contributed by atoms with Crippen LogP contribution in [-0.2, 0) is 22.7 Å². The van der Waals surface area contributed by atoms with Gasteiger partial charge in [-0.1, -0.05) is 71.8 Å². The minimum absolute atomic E-state index is 0.0357. The van der Waals surface area contributed by atoms with E-state index in [1.54, 1.807) is 24.5 Å². The highest BCUT2D eigenvalue weighted by atomic mass is 16.4. The van der Waals surface area contributed by atoms with Gasteiger partial charge in [0.1, 0.15) is 36.4 Å². The Labute approximate surface area is 369 Å². The normalized spacial score (nSPS) is 12.0. The molecule has 5 N–H and O–H groups in total. The van der Waals surface area contributed by atoms with Crippen molar-refractivity contribution in [3.8, 4) is 22.3 Å². The van der Waals surface area contributed by atoms with E-state index < -0.39 is 11.9 Å². The summed E-state index contributed by atoms with van der Waals surface area (Å²) in [5, 5.41) is 17.8. The number of nitrogens with zero attached hydrogens (tertiary/aromatic N) is 6. The Morgan fingerprint density at radius 3 is 1.41 bits per heavy atom. The van der Waals surface area contributed by atoms with Gasteiger partial charge in [-0.2, -0.15) is 0 Å². The maximum absolute atomic E-state index is 12.0. The summed E-state index contributed by atoms with van der Waals surface area (Å²) in [6.07, 6.45) is 3.21. The number of nitrogens with two attached hydrogens (primary N) is 1. The standard InChI is InChI=1S/C25H25N5O2.C25H24N4O3/c1-15-5-4-6-18(11-15)16(2)27-25-21-12-19(7-9-22(21)28-17(3)29-25)20-8-10-24(32)30(13-20)14-23(26)31;1-15-5-4-6-18(11-15)16(2)26-25-21-12-19(7-9-22(21)27-17(3)28-25)20-8-10-23(30)29(13-20)14-24(31)32/h4-13,16H,14H2,1-3H3,(H2,26,31)(H,27,28,29);4-13,16H,14H2,1-3H3,(H,31,32)(H,26,27,28)/t2*16-/m11/s1. The molecule has 0 fully saturated rings. The second kappa shape index (κ2) is 18.9.